The summed E-state index contributed by atoms with van der Waals surface area (Å²) in [6.45, 7) is 7.55. The van der Waals surface area contributed by atoms with Crippen LogP contribution in [0.25, 0.3) is 0 Å². The minimum absolute atomic E-state index is 0.0188. The molecule has 0 bridgehead atoms. The quantitative estimate of drug-likeness (QED) is 0.653. The van der Waals surface area contributed by atoms with Crippen molar-refractivity contribution in [2.24, 2.45) is 5.92 Å². The van der Waals surface area contributed by atoms with E-state index >= 15 is 0 Å². The summed E-state index contributed by atoms with van der Waals surface area (Å²) in [5.41, 5.74) is -0.622. The lowest BCUT2D eigenvalue weighted by molar-refractivity contribution is -0.152. The summed E-state index contributed by atoms with van der Waals surface area (Å²) in [4.78, 5) is 25.7. The summed E-state index contributed by atoms with van der Waals surface area (Å²) in [6.07, 6.45) is -0.0885. The SMILES string of the molecule is CCOC(=O)COC(c1cccc(F)c1F)C1CCCN(C(=O)OC(C)(C)C)C1. The Hall–Kier alpha value is -2.22. The van der Waals surface area contributed by atoms with E-state index in [1.165, 1.54) is 17.0 Å². The maximum Gasteiger partial charge on any atom is 0.410 e. The fraction of sp³-hybridized carbons (Fsp3) is 0.619. The van der Waals surface area contributed by atoms with Gasteiger partial charge in [0.05, 0.1) is 12.7 Å². The molecule has 2 rings (SSSR count). The maximum absolute atomic E-state index is 14.5. The molecular formula is C21H29F2NO5. The highest BCUT2D eigenvalue weighted by Crippen LogP contribution is 2.35. The van der Waals surface area contributed by atoms with E-state index in [0.717, 1.165) is 6.07 Å². The molecule has 0 aromatic heterocycles. The van der Waals surface area contributed by atoms with Crippen molar-refractivity contribution in [3.05, 3.63) is 35.4 Å². The molecule has 2 atom stereocenters. The fourth-order valence-corrected chi connectivity index (χ4v) is 3.33. The number of rotatable bonds is 6. The molecule has 162 valence electrons. The predicted octanol–water partition coefficient (Wildman–Crippen LogP) is 4.23. The highest BCUT2D eigenvalue weighted by Gasteiger charge is 2.35. The van der Waals surface area contributed by atoms with Gasteiger partial charge in [-0.25, -0.2) is 18.4 Å². The van der Waals surface area contributed by atoms with Gasteiger partial charge < -0.3 is 19.1 Å². The molecule has 1 aliphatic heterocycles. The molecule has 1 saturated heterocycles. The van der Waals surface area contributed by atoms with Gasteiger partial charge in [0.25, 0.3) is 0 Å². The minimum Gasteiger partial charge on any atom is -0.464 e. The number of hydrogen-bond acceptors (Lipinski definition) is 5. The van der Waals surface area contributed by atoms with E-state index in [4.69, 9.17) is 14.2 Å². The van der Waals surface area contributed by atoms with Crippen LogP contribution in [0.1, 0.15) is 52.2 Å². The van der Waals surface area contributed by atoms with Crippen LogP contribution in [0.15, 0.2) is 18.2 Å². The lowest BCUT2D eigenvalue weighted by Gasteiger charge is -2.37. The second kappa shape index (κ2) is 10.0. The number of likely N-dealkylation sites (tertiary alicyclic amines) is 1. The standard InChI is InChI=1S/C21H29F2NO5/c1-5-27-17(25)13-28-19(15-9-6-10-16(22)18(15)23)14-8-7-11-24(12-14)20(26)29-21(2,3)4/h6,9-10,14,19H,5,7-8,11-13H2,1-4H3. The molecular weight excluding hydrogens is 384 g/mol. The Morgan fingerprint density at radius 2 is 2.00 bits per heavy atom. The van der Waals surface area contributed by atoms with Gasteiger partial charge in [-0.15, -0.1) is 0 Å². The van der Waals surface area contributed by atoms with Crippen LogP contribution in [-0.2, 0) is 19.0 Å². The molecule has 1 aliphatic rings. The smallest absolute Gasteiger partial charge is 0.410 e. The number of nitrogens with zero attached hydrogens (tertiary/aromatic N) is 1. The highest BCUT2D eigenvalue weighted by molar-refractivity contribution is 5.70. The Balaban J connectivity index is 2.21. The molecule has 0 saturated carbocycles. The van der Waals surface area contributed by atoms with Gasteiger partial charge in [0, 0.05) is 24.6 Å². The van der Waals surface area contributed by atoms with Gasteiger partial charge in [-0.1, -0.05) is 12.1 Å². The molecule has 29 heavy (non-hydrogen) atoms. The zero-order chi connectivity index (χ0) is 21.6. The number of halogens is 2. The van der Waals surface area contributed by atoms with E-state index < -0.39 is 42.0 Å². The highest BCUT2D eigenvalue weighted by atomic mass is 19.2. The minimum atomic E-state index is -1.02. The Morgan fingerprint density at radius 3 is 2.66 bits per heavy atom. The Labute approximate surface area is 170 Å². The van der Waals surface area contributed by atoms with Gasteiger partial charge in [0.1, 0.15) is 12.2 Å². The number of piperidine rings is 1. The Bertz CT molecular complexity index is 720. The Morgan fingerprint density at radius 1 is 1.28 bits per heavy atom. The average molecular weight is 413 g/mol. The van der Waals surface area contributed by atoms with Crippen molar-refractivity contribution in [1.29, 1.82) is 0 Å². The summed E-state index contributed by atoms with van der Waals surface area (Å²) in [5.74, 6) is -2.93. The predicted molar refractivity (Wildman–Crippen MR) is 102 cm³/mol. The van der Waals surface area contributed by atoms with Crippen LogP contribution in [0, 0.1) is 17.6 Å². The van der Waals surface area contributed by atoms with Gasteiger partial charge in [-0.05, 0) is 46.6 Å². The summed E-state index contributed by atoms with van der Waals surface area (Å²) in [7, 11) is 0. The first-order valence-electron chi connectivity index (χ1n) is 9.81. The van der Waals surface area contributed by atoms with Crippen LogP contribution < -0.4 is 0 Å². The van der Waals surface area contributed by atoms with Crippen molar-refractivity contribution >= 4 is 12.1 Å². The lowest BCUT2D eigenvalue weighted by atomic mass is 9.88. The largest absolute Gasteiger partial charge is 0.464 e. The summed E-state index contributed by atoms with van der Waals surface area (Å²) >= 11 is 0. The van der Waals surface area contributed by atoms with Gasteiger partial charge in [-0.3, -0.25) is 0 Å². The van der Waals surface area contributed by atoms with Crippen molar-refractivity contribution in [2.45, 2.75) is 52.2 Å². The van der Waals surface area contributed by atoms with Crippen LogP contribution >= 0.6 is 0 Å². The van der Waals surface area contributed by atoms with Crippen molar-refractivity contribution in [1.82, 2.24) is 4.90 Å². The van der Waals surface area contributed by atoms with Crippen molar-refractivity contribution in [3.63, 3.8) is 0 Å². The average Bonchev–Trinajstić information content (AvgIpc) is 2.64. The normalized spacial score (nSPS) is 18.3. The number of amides is 1. The molecule has 0 aliphatic carbocycles. The van der Waals surface area contributed by atoms with Crippen LogP contribution in [0.4, 0.5) is 13.6 Å². The number of carbonyl (C=O) groups excluding carboxylic acids is 2. The first-order chi connectivity index (χ1) is 13.6. The van der Waals surface area contributed by atoms with E-state index in [-0.39, 0.29) is 24.6 Å². The lowest BCUT2D eigenvalue weighted by Crippen LogP contribution is -2.44. The Kier molecular flexibility index (Phi) is 7.96. The maximum atomic E-state index is 14.5. The molecule has 1 fully saturated rings. The molecule has 1 aromatic rings. The zero-order valence-corrected chi connectivity index (χ0v) is 17.4. The second-order valence-electron chi connectivity index (χ2n) is 8.01. The van der Waals surface area contributed by atoms with Gasteiger partial charge >= 0.3 is 12.1 Å². The van der Waals surface area contributed by atoms with Gasteiger partial charge in [-0.2, -0.15) is 0 Å². The topological polar surface area (TPSA) is 65.1 Å². The monoisotopic (exact) mass is 413 g/mol. The number of ether oxygens (including phenoxy) is 3. The second-order valence-corrected chi connectivity index (χ2v) is 8.01. The number of carbonyl (C=O) groups is 2. The fourth-order valence-electron chi connectivity index (χ4n) is 3.33. The van der Waals surface area contributed by atoms with Gasteiger partial charge in [0.2, 0.25) is 0 Å². The molecule has 2 unspecified atom stereocenters. The number of esters is 1. The van der Waals surface area contributed by atoms with Crippen molar-refractivity contribution in [2.75, 3.05) is 26.3 Å². The summed E-state index contributed by atoms with van der Waals surface area (Å²) in [5, 5.41) is 0. The molecule has 6 nitrogen and oxygen atoms in total. The van der Waals surface area contributed by atoms with Crippen molar-refractivity contribution in [3.8, 4) is 0 Å². The molecule has 0 radical (unpaired) electrons. The van der Waals surface area contributed by atoms with Gasteiger partial charge in [0.15, 0.2) is 11.6 Å². The van der Waals surface area contributed by atoms with Crippen LogP contribution in [0.2, 0.25) is 0 Å². The molecule has 8 heteroatoms. The molecule has 1 heterocycles. The van der Waals surface area contributed by atoms with Crippen LogP contribution in [0.3, 0.4) is 0 Å². The third-order valence-corrected chi connectivity index (χ3v) is 4.51. The first-order valence-corrected chi connectivity index (χ1v) is 9.81. The third-order valence-electron chi connectivity index (χ3n) is 4.51. The molecule has 1 amide bonds. The third kappa shape index (κ3) is 6.66. The van der Waals surface area contributed by atoms with Crippen LogP contribution in [-0.4, -0.2) is 48.9 Å². The van der Waals surface area contributed by atoms with E-state index in [0.29, 0.717) is 19.4 Å². The van der Waals surface area contributed by atoms with Crippen molar-refractivity contribution < 1.29 is 32.6 Å². The van der Waals surface area contributed by atoms with E-state index in [1.54, 1.807) is 27.7 Å². The summed E-state index contributed by atoms with van der Waals surface area (Å²) < 4.78 is 44.3. The molecule has 0 spiro atoms. The van der Waals surface area contributed by atoms with E-state index in [1.807, 2.05) is 0 Å². The van der Waals surface area contributed by atoms with E-state index in [2.05, 4.69) is 0 Å². The van der Waals surface area contributed by atoms with E-state index in [9.17, 15) is 18.4 Å². The molecule has 1 aromatic carbocycles. The number of hydrogen-bond donors (Lipinski definition) is 0. The zero-order valence-electron chi connectivity index (χ0n) is 17.4. The first kappa shape index (κ1) is 23.1. The number of benzene rings is 1. The summed E-state index contributed by atoms with van der Waals surface area (Å²) in [6, 6.07) is 3.85. The molecule has 0 N–H and O–H groups in total. The van der Waals surface area contributed by atoms with Crippen LogP contribution in [0.5, 0.6) is 0 Å².